The Kier molecular flexibility index (Phi) is 4.91. The van der Waals surface area contributed by atoms with E-state index in [0.29, 0.717) is 16.4 Å². The van der Waals surface area contributed by atoms with Crippen molar-refractivity contribution in [2.75, 3.05) is 5.32 Å². The maximum Gasteiger partial charge on any atom is 0.256 e. The van der Waals surface area contributed by atoms with Crippen LogP contribution in [0.3, 0.4) is 0 Å². The van der Waals surface area contributed by atoms with E-state index in [-0.39, 0.29) is 5.91 Å². The van der Waals surface area contributed by atoms with Gasteiger partial charge >= 0.3 is 0 Å². The van der Waals surface area contributed by atoms with Crippen LogP contribution in [0.1, 0.15) is 10.4 Å². The van der Waals surface area contributed by atoms with Crippen LogP contribution in [0.25, 0.3) is 22.5 Å². The number of carbonyl (C=O) groups excluding carboxylic acids is 1. The number of hydrogen-bond acceptors (Lipinski definition) is 3. The van der Waals surface area contributed by atoms with Crippen molar-refractivity contribution in [3.8, 4) is 22.5 Å². The van der Waals surface area contributed by atoms with Crippen LogP contribution in [0.4, 0.5) is 5.82 Å². The zero-order valence-corrected chi connectivity index (χ0v) is 15.9. The van der Waals surface area contributed by atoms with Gasteiger partial charge in [0.15, 0.2) is 0 Å². The normalized spacial score (nSPS) is 10.6. The molecule has 0 bridgehead atoms. The Morgan fingerprint density at radius 3 is 2.39 bits per heavy atom. The lowest BCUT2D eigenvalue weighted by molar-refractivity contribution is 0.102. The molecule has 2 aromatic carbocycles. The van der Waals surface area contributed by atoms with E-state index in [0.717, 1.165) is 22.5 Å². The van der Waals surface area contributed by atoms with Gasteiger partial charge in [-0.3, -0.25) is 9.48 Å². The van der Waals surface area contributed by atoms with E-state index < -0.39 is 0 Å². The van der Waals surface area contributed by atoms with Crippen molar-refractivity contribution >= 4 is 23.3 Å². The third-order valence-electron chi connectivity index (χ3n) is 4.36. The minimum absolute atomic E-state index is 0.233. The van der Waals surface area contributed by atoms with Crippen LogP contribution >= 0.6 is 11.6 Å². The lowest BCUT2D eigenvalue weighted by Gasteiger charge is -2.06. The van der Waals surface area contributed by atoms with Crippen molar-refractivity contribution in [2.24, 2.45) is 7.05 Å². The summed E-state index contributed by atoms with van der Waals surface area (Å²) in [5.41, 5.74) is 4.35. The maximum absolute atomic E-state index is 12.3. The number of benzene rings is 2. The molecule has 0 saturated carbocycles. The van der Waals surface area contributed by atoms with Gasteiger partial charge in [-0.25, -0.2) is 4.98 Å². The van der Waals surface area contributed by atoms with Gasteiger partial charge in [-0.05, 0) is 42.5 Å². The van der Waals surface area contributed by atoms with E-state index in [1.54, 1.807) is 36.5 Å². The quantitative estimate of drug-likeness (QED) is 0.532. The summed E-state index contributed by atoms with van der Waals surface area (Å²) in [7, 11) is 1.90. The minimum Gasteiger partial charge on any atom is -0.307 e. The Balaban J connectivity index is 1.53. The van der Waals surface area contributed by atoms with Crippen molar-refractivity contribution in [2.45, 2.75) is 0 Å². The highest BCUT2D eigenvalue weighted by Crippen LogP contribution is 2.25. The van der Waals surface area contributed by atoms with E-state index in [9.17, 15) is 4.79 Å². The highest BCUT2D eigenvalue weighted by Gasteiger charge is 2.11. The lowest BCUT2D eigenvalue weighted by Crippen LogP contribution is -2.12. The maximum atomic E-state index is 12.3. The van der Waals surface area contributed by atoms with Gasteiger partial charge in [0, 0.05) is 35.0 Å². The number of hydrogen-bond donors (Lipinski definition) is 1. The monoisotopic (exact) mass is 388 g/mol. The molecule has 6 heteroatoms. The van der Waals surface area contributed by atoms with E-state index in [1.165, 1.54) is 0 Å². The first-order valence-corrected chi connectivity index (χ1v) is 9.11. The molecular weight excluding hydrogens is 372 g/mol. The highest BCUT2D eigenvalue weighted by atomic mass is 35.5. The van der Waals surface area contributed by atoms with Gasteiger partial charge in [-0.1, -0.05) is 41.9 Å². The van der Waals surface area contributed by atoms with Gasteiger partial charge in [-0.2, -0.15) is 5.10 Å². The predicted molar refractivity (Wildman–Crippen MR) is 111 cm³/mol. The summed E-state index contributed by atoms with van der Waals surface area (Å²) >= 11 is 5.85. The van der Waals surface area contributed by atoms with Crippen LogP contribution in [-0.2, 0) is 7.05 Å². The molecule has 2 heterocycles. The molecule has 1 amide bonds. The molecule has 4 aromatic rings. The molecule has 0 aliphatic heterocycles. The fourth-order valence-corrected chi connectivity index (χ4v) is 3.02. The van der Waals surface area contributed by atoms with E-state index in [4.69, 9.17) is 11.6 Å². The average molecular weight is 389 g/mol. The topological polar surface area (TPSA) is 59.8 Å². The zero-order valence-electron chi connectivity index (χ0n) is 15.1. The number of amides is 1. The molecule has 2 aromatic heterocycles. The number of carbonyl (C=O) groups is 1. The van der Waals surface area contributed by atoms with Crippen LogP contribution < -0.4 is 5.32 Å². The highest BCUT2D eigenvalue weighted by molar-refractivity contribution is 6.30. The molecule has 0 spiro atoms. The van der Waals surface area contributed by atoms with Crippen LogP contribution in [0.5, 0.6) is 0 Å². The van der Waals surface area contributed by atoms with E-state index in [2.05, 4.69) is 15.4 Å². The first kappa shape index (κ1) is 17.9. The lowest BCUT2D eigenvalue weighted by atomic mass is 10.1. The third kappa shape index (κ3) is 3.80. The summed E-state index contributed by atoms with van der Waals surface area (Å²) in [6.45, 7) is 0. The molecule has 28 heavy (non-hydrogen) atoms. The standard InChI is InChI=1S/C22H17ClN4O/c1-27-20(13-19(26-27)15-5-3-2-4-6-15)17-9-12-21(24-14-17)25-22(28)16-7-10-18(23)11-8-16/h2-14H,1H3,(H,24,25,28). The van der Waals surface area contributed by atoms with Crippen molar-refractivity contribution in [1.29, 1.82) is 0 Å². The molecule has 0 atom stereocenters. The smallest absolute Gasteiger partial charge is 0.256 e. The van der Waals surface area contributed by atoms with Gasteiger partial charge in [0.25, 0.3) is 5.91 Å². The van der Waals surface area contributed by atoms with Gasteiger partial charge < -0.3 is 5.32 Å². The van der Waals surface area contributed by atoms with Crippen molar-refractivity contribution in [3.05, 3.63) is 89.6 Å². The number of aryl methyl sites for hydroxylation is 1. The second kappa shape index (κ2) is 7.66. The molecule has 0 saturated heterocycles. The molecule has 0 aliphatic carbocycles. The van der Waals surface area contributed by atoms with Gasteiger partial charge in [0.1, 0.15) is 5.82 Å². The SMILES string of the molecule is Cn1nc(-c2ccccc2)cc1-c1ccc(NC(=O)c2ccc(Cl)cc2)nc1. The third-order valence-corrected chi connectivity index (χ3v) is 4.61. The van der Waals surface area contributed by atoms with Gasteiger partial charge in [-0.15, -0.1) is 0 Å². The van der Waals surface area contributed by atoms with Gasteiger partial charge in [0.2, 0.25) is 0 Å². The molecule has 138 valence electrons. The summed E-state index contributed by atoms with van der Waals surface area (Å²) in [4.78, 5) is 16.6. The second-order valence-electron chi connectivity index (χ2n) is 6.30. The summed E-state index contributed by atoms with van der Waals surface area (Å²) < 4.78 is 1.82. The Bertz CT molecular complexity index is 1100. The number of anilines is 1. The number of pyridine rings is 1. The van der Waals surface area contributed by atoms with Crippen LogP contribution in [0, 0.1) is 0 Å². The summed E-state index contributed by atoms with van der Waals surface area (Å²) in [5, 5.41) is 7.96. The number of rotatable bonds is 4. The predicted octanol–water partition coefficient (Wildman–Crippen LogP) is 5.05. The molecular formula is C22H17ClN4O. The molecule has 0 radical (unpaired) electrons. The van der Waals surface area contributed by atoms with E-state index >= 15 is 0 Å². The molecule has 5 nitrogen and oxygen atoms in total. The molecule has 1 N–H and O–H groups in total. The summed E-state index contributed by atoms with van der Waals surface area (Å²) in [6.07, 6.45) is 1.73. The molecule has 0 aliphatic rings. The Morgan fingerprint density at radius 1 is 0.964 bits per heavy atom. The largest absolute Gasteiger partial charge is 0.307 e. The first-order chi connectivity index (χ1) is 13.6. The summed E-state index contributed by atoms with van der Waals surface area (Å²) in [6, 6.07) is 22.4. The van der Waals surface area contributed by atoms with Crippen LogP contribution in [0.2, 0.25) is 5.02 Å². The number of aromatic nitrogens is 3. The second-order valence-corrected chi connectivity index (χ2v) is 6.73. The number of nitrogens with one attached hydrogen (secondary N) is 1. The average Bonchev–Trinajstić information content (AvgIpc) is 3.11. The molecule has 4 rings (SSSR count). The number of nitrogens with zero attached hydrogens (tertiary/aromatic N) is 3. The first-order valence-electron chi connectivity index (χ1n) is 8.73. The van der Waals surface area contributed by atoms with Crippen molar-refractivity contribution in [1.82, 2.24) is 14.8 Å². The molecule has 0 unspecified atom stereocenters. The van der Waals surface area contributed by atoms with E-state index in [1.807, 2.05) is 54.2 Å². The Hall–Kier alpha value is -3.44. The number of halogens is 1. The Morgan fingerprint density at radius 2 is 1.71 bits per heavy atom. The van der Waals surface area contributed by atoms with Crippen molar-refractivity contribution in [3.63, 3.8) is 0 Å². The van der Waals surface area contributed by atoms with Crippen LogP contribution in [-0.4, -0.2) is 20.7 Å². The zero-order chi connectivity index (χ0) is 19.5. The van der Waals surface area contributed by atoms with Crippen LogP contribution in [0.15, 0.2) is 79.0 Å². The minimum atomic E-state index is -0.233. The van der Waals surface area contributed by atoms with Crippen molar-refractivity contribution < 1.29 is 4.79 Å². The fraction of sp³-hybridized carbons (Fsp3) is 0.0455. The Labute approximate surface area is 167 Å². The van der Waals surface area contributed by atoms with Gasteiger partial charge in [0.05, 0.1) is 11.4 Å². The summed E-state index contributed by atoms with van der Waals surface area (Å²) in [5.74, 6) is 0.248. The molecule has 0 fully saturated rings. The fourth-order valence-electron chi connectivity index (χ4n) is 2.90.